The highest BCUT2D eigenvalue weighted by molar-refractivity contribution is 8.00. The van der Waals surface area contributed by atoms with Gasteiger partial charge >= 0.3 is 6.03 Å². The van der Waals surface area contributed by atoms with Crippen molar-refractivity contribution < 1.29 is 42.2 Å². The fourth-order valence-electron chi connectivity index (χ4n) is 6.84. The Morgan fingerprint density at radius 1 is 0.984 bits per heavy atom. The minimum Gasteiger partial charge on any atom is -0.480 e. The second kappa shape index (κ2) is 24.6. The van der Waals surface area contributed by atoms with E-state index in [1.54, 1.807) is 30.5 Å². The van der Waals surface area contributed by atoms with E-state index in [1.165, 1.54) is 10.7 Å². The van der Waals surface area contributed by atoms with Crippen LogP contribution in [0.3, 0.4) is 0 Å². The number of nitrogens with zero attached hydrogens (tertiary/aromatic N) is 3. The van der Waals surface area contributed by atoms with Crippen molar-refractivity contribution in [3.8, 4) is 11.4 Å². The van der Waals surface area contributed by atoms with Gasteiger partial charge in [-0.2, -0.15) is 11.8 Å². The van der Waals surface area contributed by atoms with Crippen LogP contribution in [0.25, 0.3) is 5.69 Å². The van der Waals surface area contributed by atoms with E-state index in [-0.39, 0.29) is 36.4 Å². The Labute approximate surface area is 372 Å². The average molecular weight is 900 g/mol. The molecule has 1 saturated heterocycles. The molecule has 2 aromatic carbocycles. The van der Waals surface area contributed by atoms with Gasteiger partial charge in [0, 0.05) is 47.6 Å². The quantitative estimate of drug-likeness (QED) is 0.0566. The minimum absolute atomic E-state index is 0.00779. The van der Waals surface area contributed by atoms with Gasteiger partial charge in [-0.25, -0.2) is 18.3 Å². The number of benzene rings is 2. The predicted octanol–water partition coefficient (Wildman–Crippen LogP) is 4.86. The molecule has 19 heteroatoms. The Bertz CT molecular complexity index is 1980. The number of carbonyl (C=O) groups excluding carboxylic acids is 5. The third kappa shape index (κ3) is 17.2. The van der Waals surface area contributed by atoms with E-state index in [4.69, 9.17) is 20.9 Å². The zero-order chi connectivity index (χ0) is 46.0. The number of hydrogen-bond acceptors (Lipinski definition) is 11. The first-order chi connectivity index (χ1) is 30.0. The summed E-state index contributed by atoms with van der Waals surface area (Å²) >= 11 is 1.84. The molecule has 1 aromatic heterocycles. The Hall–Kier alpha value is -5.14. The summed E-state index contributed by atoms with van der Waals surface area (Å²) in [7, 11) is 0. The molecule has 1 aliphatic heterocycles. The van der Waals surface area contributed by atoms with Gasteiger partial charge < -0.3 is 42.2 Å². The molecule has 0 bridgehead atoms. The molecule has 5 amide bonds. The van der Waals surface area contributed by atoms with E-state index in [0.717, 1.165) is 43.6 Å². The van der Waals surface area contributed by atoms with Gasteiger partial charge in [-0.3, -0.25) is 19.2 Å². The maximum atomic E-state index is 14.1. The lowest BCUT2D eigenvalue weighted by molar-refractivity contribution is -0.131. The second-order valence-corrected chi connectivity index (χ2v) is 18.3. The van der Waals surface area contributed by atoms with Crippen molar-refractivity contribution in [3.05, 3.63) is 71.6 Å². The molecule has 0 spiro atoms. The van der Waals surface area contributed by atoms with Gasteiger partial charge in [-0.15, -0.1) is 5.10 Å². The van der Waals surface area contributed by atoms with Crippen molar-refractivity contribution in [2.45, 2.75) is 121 Å². The lowest BCUT2D eigenvalue weighted by atomic mass is 9.88. The van der Waals surface area contributed by atoms with Crippen LogP contribution in [0.15, 0.2) is 48.7 Å². The topological polar surface area (TPSA) is 235 Å². The zero-order valence-corrected chi connectivity index (χ0v) is 37.5. The number of unbranched alkanes of at least 4 members (excludes halogenated alkanes) is 2. The van der Waals surface area contributed by atoms with Crippen molar-refractivity contribution in [3.63, 3.8) is 0 Å². The number of nitrogens with one attached hydrogen (secondary N) is 4. The fourth-order valence-corrected chi connectivity index (χ4v) is 8.27. The Kier molecular flexibility index (Phi) is 19.8. The van der Waals surface area contributed by atoms with E-state index >= 15 is 0 Å². The third-order valence-corrected chi connectivity index (χ3v) is 12.2. The largest absolute Gasteiger partial charge is 0.480 e. The molecule has 1 unspecified atom stereocenters. The lowest BCUT2D eigenvalue weighted by Crippen LogP contribution is -2.43. The number of Topliss-reactive ketones (excluding diaryl/α,β-unsaturated/α-hetero) is 1. The van der Waals surface area contributed by atoms with Gasteiger partial charge in [0.25, 0.3) is 5.91 Å². The Balaban J connectivity index is 1.17. The highest BCUT2D eigenvalue weighted by atomic mass is 32.2. The molecule has 0 aliphatic carbocycles. The number of urea groups is 1. The summed E-state index contributed by atoms with van der Waals surface area (Å²) in [5.41, 5.74) is 10.8. The summed E-state index contributed by atoms with van der Waals surface area (Å²) in [5, 5.41) is 20.2. The van der Waals surface area contributed by atoms with E-state index in [2.05, 4.69) is 31.6 Å². The summed E-state index contributed by atoms with van der Waals surface area (Å²) < 4.78 is 40.9. The monoisotopic (exact) mass is 899 g/mol. The van der Waals surface area contributed by atoms with Crippen molar-refractivity contribution in [2.24, 2.45) is 16.9 Å². The molecule has 1 aliphatic rings. The number of para-hydroxylation sites is 1. The highest BCUT2D eigenvalue weighted by Crippen LogP contribution is 2.31. The number of halogens is 2. The molecule has 3 atom stereocenters. The van der Waals surface area contributed by atoms with E-state index in [9.17, 15) is 32.8 Å². The summed E-state index contributed by atoms with van der Waals surface area (Å²) in [6.07, 6.45) is 8.17. The van der Waals surface area contributed by atoms with Crippen molar-refractivity contribution in [1.82, 2.24) is 36.3 Å². The van der Waals surface area contributed by atoms with E-state index in [1.807, 2.05) is 39.5 Å². The van der Waals surface area contributed by atoms with Crippen LogP contribution >= 0.6 is 11.8 Å². The Morgan fingerprint density at radius 3 is 2.46 bits per heavy atom. The van der Waals surface area contributed by atoms with Crippen LogP contribution in [0.2, 0.25) is 0 Å². The molecular formula is C44H63F2N9O7S. The van der Waals surface area contributed by atoms with Crippen LogP contribution in [-0.4, -0.2) is 99.5 Å². The van der Waals surface area contributed by atoms with Crippen LogP contribution in [0, 0.1) is 17.0 Å². The van der Waals surface area contributed by atoms with E-state index in [0.29, 0.717) is 68.4 Å². The molecule has 3 aromatic rings. The van der Waals surface area contributed by atoms with Gasteiger partial charge in [-0.05, 0) is 102 Å². The second-order valence-electron chi connectivity index (χ2n) is 17.0. The van der Waals surface area contributed by atoms with Gasteiger partial charge in [-0.1, -0.05) is 37.6 Å². The normalized spacial score (nSPS) is 15.7. The fraction of sp³-hybridized carbons (Fsp3) is 0.568. The molecule has 0 radical (unpaired) electrons. The standard InChI is InChI=1S/C44H63F2N9O7S/c1-43(2,19-22-62-44(3,4)18-21-49-38(57)17-6-5-13-33-24-30(28-63-33)51-42(48)60)41(59)50-25-31-26-55(54-53-31)32-12-9-11-29(23-32)40(58)52-36(16-7-8-20-47)37(56)27-61-39-34(45)14-10-15-35(39)46/h9-12,14-15,23,26,30,33,36H,5-8,13,16-22,24-25,27-28,47H2,1-4H3,(H,49,57)(H,50,59)(H,52,58)(H3,48,51,60)/t30-,33+,36?/m1/s1. The average Bonchev–Trinajstić information content (AvgIpc) is 3.90. The first-order valence-corrected chi connectivity index (χ1v) is 22.5. The molecule has 4 rings (SSSR count). The number of thioether (sulfide) groups is 1. The van der Waals surface area contributed by atoms with Crippen LogP contribution in [0.1, 0.15) is 108 Å². The molecule has 1 fully saturated rings. The molecule has 16 nitrogen and oxygen atoms in total. The van der Waals surface area contributed by atoms with Crippen molar-refractivity contribution in [2.75, 3.05) is 32.1 Å². The Morgan fingerprint density at radius 2 is 1.73 bits per heavy atom. The number of nitrogens with two attached hydrogens (primary N) is 2. The summed E-state index contributed by atoms with van der Waals surface area (Å²) in [6.45, 7) is 8.23. The number of aromatic nitrogens is 3. The first-order valence-electron chi connectivity index (χ1n) is 21.4. The van der Waals surface area contributed by atoms with Crippen LogP contribution in [0.4, 0.5) is 13.6 Å². The van der Waals surface area contributed by atoms with Gasteiger partial charge in [0.2, 0.25) is 11.8 Å². The van der Waals surface area contributed by atoms with Gasteiger partial charge in [0.15, 0.2) is 23.2 Å². The first kappa shape index (κ1) is 50.5. The number of ether oxygens (including phenoxy) is 2. The number of hydrogen-bond donors (Lipinski definition) is 6. The maximum Gasteiger partial charge on any atom is 0.312 e. The minimum atomic E-state index is -0.996. The number of rotatable bonds is 27. The molecule has 0 saturated carbocycles. The number of amides is 5. The summed E-state index contributed by atoms with van der Waals surface area (Å²) in [6, 6.07) is 8.37. The number of ketones is 1. The van der Waals surface area contributed by atoms with Gasteiger partial charge in [0.05, 0.1) is 30.1 Å². The SMILES string of the molecule is CC(C)(CCNC(=O)CCCC[C@H]1C[C@@H](NC(N)=O)CS1)OCCC(C)(C)C(=O)NCc1cn(-c2cccc(C(=O)NC(CCCCN)C(=O)COc3c(F)cccc3F)c2)nn1. The molecule has 8 N–H and O–H groups in total. The highest BCUT2D eigenvalue weighted by Gasteiger charge is 2.30. The van der Waals surface area contributed by atoms with Gasteiger partial charge in [0.1, 0.15) is 12.3 Å². The molecule has 2 heterocycles. The number of carbonyl (C=O) groups is 5. The van der Waals surface area contributed by atoms with Crippen molar-refractivity contribution >= 4 is 41.3 Å². The molecule has 63 heavy (non-hydrogen) atoms. The molecule has 346 valence electrons. The van der Waals surface area contributed by atoms with E-state index < -0.39 is 58.8 Å². The van der Waals surface area contributed by atoms with Crippen LogP contribution in [0.5, 0.6) is 5.75 Å². The third-order valence-electron chi connectivity index (χ3n) is 10.8. The lowest BCUT2D eigenvalue weighted by Gasteiger charge is -2.29. The number of primary amides is 1. The van der Waals surface area contributed by atoms with Crippen molar-refractivity contribution in [1.29, 1.82) is 0 Å². The smallest absolute Gasteiger partial charge is 0.312 e. The predicted molar refractivity (Wildman–Crippen MR) is 236 cm³/mol. The summed E-state index contributed by atoms with van der Waals surface area (Å²) in [4.78, 5) is 63.2. The summed E-state index contributed by atoms with van der Waals surface area (Å²) in [5.74, 6) is -2.99. The zero-order valence-electron chi connectivity index (χ0n) is 36.7. The molecular weight excluding hydrogens is 837 g/mol. The van der Waals surface area contributed by atoms with Crippen LogP contribution in [-0.2, 0) is 25.7 Å². The maximum absolute atomic E-state index is 14.1. The van der Waals surface area contributed by atoms with Crippen LogP contribution < -0.4 is 37.5 Å².